The fourth-order valence-corrected chi connectivity index (χ4v) is 11.4. The van der Waals surface area contributed by atoms with E-state index in [1.165, 1.54) is 82.7 Å². The van der Waals surface area contributed by atoms with Crippen LogP contribution in [-0.4, -0.2) is 79.6 Å². The van der Waals surface area contributed by atoms with Crippen LogP contribution in [0.15, 0.2) is 17.7 Å². The molecule has 0 N–H and O–H groups in total. The predicted octanol–water partition coefficient (Wildman–Crippen LogP) is 6.34. The molecular formula is C37H56N6O. The number of rotatable bonds is 6. The zero-order chi connectivity index (χ0) is 29.9. The molecule has 3 saturated carbocycles. The molecule has 1 aromatic rings. The van der Waals surface area contributed by atoms with Crippen LogP contribution in [0, 0.1) is 34.5 Å². The first-order valence-electron chi connectivity index (χ1n) is 18.5. The molecular weight excluding hydrogens is 544 g/mol. The molecule has 0 radical (unpaired) electrons. The molecule has 6 atom stereocenters. The first-order valence-corrected chi connectivity index (χ1v) is 18.5. The van der Waals surface area contributed by atoms with Crippen molar-refractivity contribution in [1.29, 1.82) is 0 Å². The Morgan fingerprint density at radius 1 is 0.750 bits per heavy atom. The summed E-state index contributed by atoms with van der Waals surface area (Å²) in [6.45, 7) is 15.3. The van der Waals surface area contributed by atoms with Gasteiger partial charge in [0.15, 0.2) is 5.78 Å². The van der Waals surface area contributed by atoms with Crippen molar-refractivity contribution in [3.05, 3.63) is 17.7 Å². The molecule has 7 heteroatoms. The van der Waals surface area contributed by atoms with Crippen LogP contribution in [0.2, 0.25) is 0 Å². The molecule has 0 unspecified atom stereocenters. The van der Waals surface area contributed by atoms with Crippen molar-refractivity contribution in [2.24, 2.45) is 34.5 Å². The number of allylic oxidation sites excluding steroid dienone is 1. The summed E-state index contributed by atoms with van der Waals surface area (Å²) in [4.78, 5) is 32.6. The molecule has 7 nitrogen and oxygen atoms in total. The summed E-state index contributed by atoms with van der Waals surface area (Å²) in [6, 6.07) is 2.28. The van der Waals surface area contributed by atoms with E-state index < -0.39 is 0 Å². The number of piperazine rings is 1. The smallest absolute Gasteiger partial charge is 0.229 e. The first kappa shape index (κ1) is 29.3. The molecule has 4 heterocycles. The Labute approximate surface area is 265 Å². The van der Waals surface area contributed by atoms with Crippen molar-refractivity contribution in [3.63, 3.8) is 0 Å². The summed E-state index contributed by atoms with van der Waals surface area (Å²) in [5.41, 5.74) is 2.32. The van der Waals surface area contributed by atoms with Gasteiger partial charge < -0.3 is 14.7 Å². The fraction of sp³-hybridized carbons (Fsp3) is 0.811. The van der Waals surface area contributed by atoms with Gasteiger partial charge >= 0.3 is 0 Å². The van der Waals surface area contributed by atoms with E-state index in [1.54, 1.807) is 0 Å². The number of hydrogen-bond donors (Lipinski definition) is 0. The molecule has 240 valence electrons. The Bertz CT molecular complexity index is 1230. The predicted molar refractivity (Wildman–Crippen MR) is 178 cm³/mol. The van der Waals surface area contributed by atoms with E-state index in [1.807, 2.05) is 0 Å². The van der Waals surface area contributed by atoms with Crippen molar-refractivity contribution in [2.45, 2.75) is 97.3 Å². The minimum Gasteiger partial charge on any atom is -0.356 e. The summed E-state index contributed by atoms with van der Waals surface area (Å²) in [7, 11) is 0. The third-order valence-corrected chi connectivity index (χ3v) is 14.2. The summed E-state index contributed by atoms with van der Waals surface area (Å²) in [5, 5.41) is 0. The van der Waals surface area contributed by atoms with E-state index in [4.69, 9.17) is 9.97 Å². The molecule has 3 aliphatic heterocycles. The zero-order valence-electron chi connectivity index (χ0n) is 27.6. The van der Waals surface area contributed by atoms with E-state index in [-0.39, 0.29) is 0 Å². The number of nitrogens with zero attached hydrogens (tertiary/aromatic N) is 6. The maximum atomic E-state index is 12.2. The van der Waals surface area contributed by atoms with Gasteiger partial charge in [0, 0.05) is 64.8 Å². The van der Waals surface area contributed by atoms with Gasteiger partial charge in [0.2, 0.25) is 5.95 Å². The third-order valence-electron chi connectivity index (χ3n) is 14.2. The van der Waals surface area contributed by atoms with Crippen molar-refractivity contribution in [1.82, 2.24) is 14.9 Å². The Morgan fingerprint density at radius 3 is 2.16 bits per heavy atom. The Hall–Kier alpha value is -2.15. The van der Waals surface area contributed by atoms with Gasteiger partial charge in [0.05, 0.1) is 0 Å². The molecule has 0 aromatic carbocycles. The molecule has 3 saturated heterocycles. The van der Waals surface area contributed by atoms with Gasteiger partial charge in [0.1, 0.15) is 11.6 Å². The lowest BCUT2D eigenvalue weighted by atomic mass is 9.47. The van der Waals surface area contributed by atoms with Crippen molar-refractivity contribution in [2.75, 3.05) is 73.6 Å². The number of aromatic nitrogens is 2. The highest BCUT2D eigenvalue weighted by molar-refractivity contribution is 5.91. The summed E-state index contributed by atoms with van der Waals surface area (Å²) < 4.78 is 0. The highest BCUT2D eigenvalue weighted by Crippen LogP contribution is 2.67. The minimum absolute atomic E-state index is 0.296. The van der Waals surface area contributed by atoms with Gasteiger partial charge in [0.25, 0.3) is 0 Å². The lowest BCUT2D eigenvalue weighted by Crippen LogP contribution is -2.51. The zero-order valence-corrected chi connectivity index (χ0v) is 27.6. The van der Waals surface area contributed by atoms with Gasteiger partial charge in [-0.3, -0.25) is 9.69 Å². The second-order valence-electron chi connectivity index (χ2n) is 16.2. The first-order chi connectivity index (χ1) is 21.4. The third kappa shape index (κ3) is 5.08. The van der Waals surface area contributed by atoms with Crippen LogP contribution in [0.25, 0.3) is 0 Å². The highest BCUT2D eigenvalue weighted by atomic mass is 16.1. The second-order valence-corrected chi connectivity index (χ2v) is 16.2. The van der Waals surface area contributed by atoms with E-state index in [0.29, 0.717) is 16.6 Å². The fourth-order valence-electron chi connectivity index (χ4n) is 11.4. The molecule has 6 fully saturated rings. The number of carbonyl (C=O) groups is 1. The van der Waals surface area contributed by atoms with Crippen LogP contribution in [0.1, 0.15) is 97.3 Å². The number of anilines is 3. The van der Waals surface area contributed by atoms with E-state index in [0.717, 1.165) is 106 Å². The topological polar surface area (TPSA) is 55.8 Å². The van der Waals surface area contributed by atoms with Crippen LogP contribution in [-0.2, 0) is 4.79 Å². The van der Waals surface area contributed by atoms with Gasteiger partial charge in [-0.2, -0.15) is 9.97 Å². The normalized spacial score (nSPS) is 37.6. The monoisotopic (exact) mass is 600 g/mol. The van der Waals surface area contributed by atoms with Crippen LogP contribution in [0.4, 0.5) is 17.6 Å². The maximum Gasteiger partial charge on any atom is 0.229 e. The average Bonchev–Trinajstić information content (AvgIpc) is 3.83. The Kier molecular flexibility index (Phi) is 7.70. The molecule has 7 aliphatic rings. The lowest BCUT2D eigenvalue weighted by Gasteiger charge is -2.58. The minimum atomic E-state index is 0.296. The molecule has 1 aromatic heterocycles. The molecule has 0 amide bonds. The molecule has 4 aliphatic carbocycles. The lowest BCUT2D eigenvalue weighted by molar-refractivity contribution is -0.117. The summed E-state index contributed by atoms with van der Waals surface area (Å²) in [5.74, 6) is 7.08. The van der Waals surface area contributed by atoms with Crippen LogP contribution >= 0.6 is 0 Å². The van der Waals surface area contributed by atoms with Gasteiger partial charge in [-0.05, 0) is 124 Å². The molecule has 8 rings (SSSR count). The molecule has 44 heavy (non-hydrogen) atoms. The van der Waals surface area contributed by atoms with Gasteiger partial charge in [-0.1, -0.05) is 19.4 Å². The summed E-state index contributed by atoms with van der Waals surface area (Å²) >= 11 is 0. The number of fused-ring (bicyclic) bond motifs is 5. The van der Waals surface area contributed by atoms with E-state index >= 15 is 0 Å². The maximum absolute atomic E-state index is 12.2. The standard InChI is InChI=1S/C37H56N6O/c1-36-15-12-32-30(9-7-28-25-29(44)11-14-37(28,32)2)31(36)10-8-27(36)13-20-40-21-23-42(24-22-40)34-26-33(41-16-3-4-17-41)38-35(39-34)43-18-5-6-19-43/h25-27,30-32H,3-24H2,1-2H3/t27-,30+,31+,32+,36-,37+/m1/s1. The van der Waals surface area contributed by atoms with E-state index in [9.17, 15) is 4.79 Å². The summed E-state index contributed by atoms with van der Waals surface area (Å²) in [6.07, 6.45) is 18.5. The average molecular weight is 601 g/mol. The number of hydrogen-bond acceptors (Lipinski definition) is 7. The highest BCUT2D eigenvalue weighted by Gasteiger charge is 2.58. The Balaban J connectivity index is 0.889. The van der Waals surface area contributed by atoms with Crippen molar-refractivity contribution >= 4 is 23.4 Å². The van der Waals surface area contributed by atoms with E-state index in [2.05, 4.69) is 45.6 Å². The largest absolute Gasteiger partial charge is 0.356 e. The van der Waals surface area contributed by atoms with Gasteiger partial charge in [-0.15, -0.1) is 0 Å². The van der Waals surface area contributed by atoms with Crippen LogP contribution in [0.5, 0.6) is 0 Å². The molecule has 0 bridgehead atoms. The second kappa shape index (κ2) is 11.6. The Morgan fingerprint density at radius 2 is 1.43 bits per heavy atom. The number of carbonyl (C=O) groups excluding carboxylic acids is 1. The van der Waals surface area contributed by atoms with Crippen molar-refractivity contribution in [3.8, 4) is 0 Å². The quantitative estimate of drug-likeness (QED) is 0.378. The van der Waals surface area contributed by atoms with Gasteiger partial charge in [-0.25, -0.2) is 0 Å². The number of ketones is 1. The molecule has 0 spiro atoms. The van der Waals surface area contributed by atoms with Crippen LogP contribution in [0.3, 0.4) is 0 Å². The van der Waals surface area contributed by atoms with Crippen molar-refractivity contribution < 1.29 is 4.79 Å². The SMILES string of the molecule is C[C@]12CC[C@H]3[C@@H](CCC4=CC(=O)CC[C@@]43C)[C@@H]1CC[C@@H]2CCN1CCN(c2cc(N3CCCC3)nc(N3CCCC3)n2)CC1. The van der Waals surface area contributed by atoms with Crippen LogP contribution < -0.4 is 14.7 Å².